The lowest BCUT2D eigenvalue weighted by Gasteiger charge is -2.36. The fraction of sp³-hybridized carbons (Fsp3) is 0.227. The monoisotopic (exact) mass is 441 g/mol. The molecule has 2 heterocycles. The molecule has 1 aliphatic rings. The lowest BCUT2D eigenvalue weighted by molar-refractivity contribution is -0.130. The van der Waals surface area contributed by atoms with Crippen molar-refractivity contribution < 1.29 is 14.0 Å². The van der Waals surface area contributed by atoms with Gasteiger partial charge in [-0.1, -0.05) is 17.7 Å². The zero-order valence-electron chi connectivity index (χ0n) is 16.6. The molecule has 2 N–H and O–H groups in total. The molecule has 0 radical (unpaired) electrons. The molecule has 0 bridgehead atoms. The average molecular weight is 442 g/mol. The first-order chi connectivity index (χ1) is 15.0. The van der Waals surface area contributed by atoms with Crippen molar-refractivity contribution in [2.45, 2.75) is 0 Å². The van der Waals surface area contributed by atoms with E-state index < -0.39 is 5.91 Å². The summed E-state index contributed by atoms with van der Waals surface area (Å²) in [6, 6.07) is 13.4. The minimum atomic E-state index is -0.418. The Bertz CT molecular complexity index is 1080. The molecule has 160 valence electrons. The minimum Gasteiger partial charge on any atom is -0.368 e. The quantitative estimate of drug-likeness (QED) is 0.638. The molecule has 0 aliphatic carbocycles. The van der Waals surface area contributed by atoms with Gasteiger partial charge in [-0.3, -0.25) is 14.7 Å². The highest BCUT2D eigenvalue weighted by atomic mass is 35.5. The molecule has 0 saturated carbocycles. The minimum absolute atomic E-state index is 0.107. The van der Waals surface area contributed by atoms with Crippen molar-refractivity contribution in [2.75, 3.05) is 37.6 Å². The van der Waals surface area contributed by atoms with Gasteiger partial charge < -0.3 is 15.1 Å². The number of nitrogens with one attached hydrogen (secondary N) is 2. The number of H-pyrrole nitrogens is 1. The fourth-order valence-corrected chi connectivity index (χ4v) is 3.73. The Morgan fingerprint density at radius 2 is 1.84 bits per heavy atom. The highest BCUT2D eigenvalue weighted by molar-refractivity contribution is 6.30. The highest BCUT2D eigenvalue weighted by Crippen LogP contribution is 2.22. The first-order valence-corrected chi connectivity index (χ1v) is 10.2. The molecule has 1 fully saturated rings. The smallest absolute Gasteiger partial charge is 0.255 e. The van der Waals surface area contributed by atoms with Gasteiger partial charge >= 0.3 is 0 Å². The van der Waals surface area contributed by atoms with E-state index in [4.69, 9.17) is 11.6 Å². The van der Waals surface area contributed by atoms with Crippen LogP contribution in [-0.2, 0) is 4.79 Å². The molecule has 9 heteroatoms. The standard InChI is InChI=1S/C22H21ClFN5O2/c23-16-2-1-3-18(12-16)28-8-10-29(11-9-28)20(30)14-25-22(31)19-13-26-27-21(19)15-4-6-17(24)7-5-15/h1-7,12-13H,8-11,14H2,(H,25,31)(H,26,27). The summed E-state index contributed by atoms with van der Waals surface area (Å²) in [5, 5.41) is 10.0. The number of hydrogen-bond acceptors (Lipinski definition) is 4. The van der Waals surface area contributed by atoms with Gasteiger partial charge in [-0.2, -0.15) is 5.10 Å². The van der Waals surface area contributed by atoms with Gasteiger partial charge in [0, 0.05) is 42.5 Å². The van der Waals surface area contributed by atoms with E-state index in [1.807, 2.05) is 24.3 Å². The van der Waals surface area contributed by atoms with Gasteiger partial charge in [0.25, 0.3) is 5.91 Å². The summed E-state index contributed by atoms with van der Waals surface area (Å²) < 4.78 is 13.2. The van der Waals surface area contributed by atoms with Crippen LogP contribution >= 0.6 is 11.6 Å². The van der Waals surface area contributed by atoms with Crippen LogP contribution in [0.3, 0.4) is 0 Å². The molecule has 3 aromatic rings. The molecular weight excluding hydrogens is 421 g/mol. The summed E-state index contributed by atoms with van der Waals surface area (Å²) in [6.45, 7) is 2.40. The van der Waals surface area contributed by atoms with Gasteiger partial charge in [0.1, 0.15) is 5.82 Å². The maximum absolute atomic E-state index is 13.2. The van der Waals surface area contributed by atoms with Crippen molar-refractivity contribution in [1.82, 2.24) is 20.4 Å². The third kappa shape index (κ3) is 4.86. The molecule has 0 unspecified atom stereocenters. The first-order valence-electron chi connectivity index (χ1n) is 9.87. The number of aromatic nitrogens is 2. The summed E-state index contributed by atoms with van der Waals surface area (Å²) in [4.78, 5) is 29.1. The highest BCUT2D eigenvalue weighted by Gasteiger charge is 2.23. The second-order valence-electron chi connectivity index (χ2n) is 7.20. The fourth-order valence-electron chi connectivity index (χ4n) is 3.54. The molecule has 0 atom stereocenters. The van der Waals surface area contributed by atoms with E-state index in [0.29, 0.717) is 48.0 Å². The van der Waals surface area contributed by atoms with Crippen LogP contribution in [0.15, 0.2) is 54.7 Å². The van der Waals surface area contributed by atoms with E-state index in [-0.39, 0.29) is 18.3 Å². The Morgan fingerprint density at radius 1 is 1.10 bits per heavy atom. The van der Waals surface area contributed by atoms with E-state index in [1.165, 1.54) is 18.3 Å². The van der Waals surface area contributed by atoms with Crippen molar-refractivity contribution in [3.8, 4) is 11.3 Å². The number of aromatic amines is 1. The van der Waals surface area contributed by atoms with Crippen LogP contribution in [0.25, 0.3) is 11.3 Å². The van der Waals surface area contributed by atoms with Crippen molar-refractivity contribution in [3.05, 3.63) is 71.1 Å². The molecule has 1 aromatic heterocycles. The third-order valence-electron chi connectivity index (χ3n) is 5.22. The maximum Gasteiger partial charge on any atom is 0.255 e. The maximum atomic E-state index is 13.2. The van der Waals surface area contributed by atoms with Gasteiger partial charge in [-0.05, 0) is 42.5 Å². The lowest BCUT2D eigenvalue weighted by atomic mass is 10.1. The van der Waals surface area contributed by atoms with Gasteiger partial charge in [-0.25, -0.2) is 4.39 Å². The van der Waals surface area contributed by atoms with E-state index in [1.54, 1.807) is 17.0 Å². The molecule has 0 spiro atoms. The Balaban J connectivity index is 1.31. The number of carbonyl (C=O) groups is 2. The number of halogens is 2. The molecule has 2 amide bonds. The number of rotatable bonds is 5. The lowest BCUT2D eigenvalue weighted by Crippen LogP contribution is -2.51. The van der Waals surface area contributed by atoms with Gasteiger partial charge in [0.15, 0.2) is 0 Å². The number of hydrogen-bond donors (Lipinski definition) is 2. The number of nitrogens with zero attached hydrogens (tertiary/aromatic N) is 3. The van der Waals surface area contributed by atoms with Crippen LogP contribution in [0.5, 0.6) is 0 Å². The average Bonchev–Trinajstić information content (AvgIpc) is 3.28. The van der Waals surface area contributed by atoms with Crippen molar-refractivity contribution in [1.29, 1.82) is 0 Å². The molecule has 2 aromatic carbocycles. The number of benzene rings is 2. The molecular formula is C22H21ClFN5O2. The second kappa shape index (κ2) is 9.18. The van der Waals surface area contributed by atoms with Crippen LogP contribution in [0, 0.1) is 5.82 Å². The van der Waals surface area contributed by atoms with Crippen LogP contribution in [0.2, 0.25) is 5.02 Å². The van der Waals surface area contributed by atoms with E-state index in [9.17, 15) is 14.0 Å². The molecule has 1 aliphatic heterocycles. The van der Waals surface area contributed by atoms with E-state index >= 15 is 0 Å². The third-order valence-corrected chi connectivity index (χ3v) is 5.46. The Kier molecular flexibility index (Phi) is 6.18. The Labute approximate surface area is 183 Å². The predicted octanol–water partition coefficient (Wildman–Crippen LogP) is 2.95. The number of piperazine rings is 1. The van der Waals surface area contributed by atoms with Crippen molar-refractivity contribution in [2.24, 2.45) is 0 Å². The molecule has 7 nitrogen and oxygen atoms in total. The summed E-state index contributed by atoms with van der Waals surface area (Å²) in [5.41, 5.74) is 2.43. The SMILES string of the molecule is O=C(NCC(=O)N1CCN(c2cccc(Cl)c2)CC1)c1cn[nH]c1-c1ccc(F)cc1. The van der Waals surface area contributed by atoms with Crippen LogP contribution in [-0.4, -0.2) is 59.6 Å². The number of carbonyl (C=O) groups excluding carboxylic acids is 2. The van der Waals surface area contributed by atoms with Gasteiger partial charge in [0.2, 0.25) is 5.91 Å². The summed E-state index contributed by atoms with van der Waals surface area (Å²) in [6.07, 6.45) is 1.39. The zero-order valence-corrected chi connectivity index (χ0v) is 17.4. The number of anilines is 1. The molecule has 1 saturated heterocycles. The molecule has 31 heavy (non-hydrogen) atoms. The summed E-state index contributed by atoms with van der Waals surface area (Å²) in [7, 11) is 0. The number of amides is 2. The van der Waals surface area contributed by atoms with Gasteiger partial charge in [-0.15, -0.1) is 0 Å². The Morgan fingerprint density at radius 3 is 2.55 bits per heavy atom. The molecule has 4 rings (SSSR count). The normalized spacial score (nSPS) is 13.9. The van der Waals surface area contributed by atoms with Crippen LogP contribution in [0.1, 0.15) is 10.4 Å². The van der Waals surface area contributed by atoms with E-state index in [2.05, 4.69) is 20.4 Å². The zero-order chi connectivity index (χ0) is 21.8. The van der Waals surface area contributed by atoms with Gasteiger partial charge in [0.05, 0.1) is 24.0 Å². The summed E-state index contributed by atoms with van der Waals surface area (Å²) >= 11 is 6.06. The van der Waals surface area contributed by atoms with Crippen LogP contribution in [0.4, 0.5) is 10.1 Å². The second-order valence-corrected chi connectivity index (χ2v) is 7.63. The van der Waals surface area contributed by atoms with Crippen molar-refractivity contribution in [3.63, 3.8) is 0 Å². The Hall–Kier alpha value is -3.39. The first kappa shape index (κ1) is 20.9. The topological polar surface area (TPSA) is 81.3 Å². The van der Waals surface area contributed by atoms with E-state index in [0.717, 1.165) is 5.69 Å². The van der Waals surface area contributed by atoms with Crippen molar-refractivity contribution >= 4 is 29.1 Å². The van der Waals surface area contributed by atoms with Crippen LogP contribution < -0.4 is 10.2 Å². The summed E-state index contributed by atoms with van der Waals surface area (Å²) in [5.74, 6) is -0.930. The largest absolute Gasteiger partial charge is 0.368 e. The predicted molar refractivity (Wildman–Crippen MR) is 117 cm³/mol.